The van der Waals surface area contributed by atoms with Crippen molar-refractivity contribution in [3.8, 4) is 0 Å². The molecule has 1 atom stereocenters. The number of amides is 1. The van der Waals surface area contributed by atoms with Crippen LogP contribution in [0.3, 0.4) is 0 Å². The molecule has 1 fully saturated rings. The van der Waals surface area contributed by atoms with E-state index in [1.807, 2.05) is 6.92 Å². The minimum atomic E-state index is -0.676. The Hall–Kier alpha value is -0.570. The molecule has 15 heavy (non-hydrogen) atoms. The van der Waals surface area contributed by atoms with E-state index in [4.69, 9.17) is 5.73 Å². The van der Waals surface area contributed by atoms with Crippen LogP contribution in [0.4, 0.5) is 0 Å². The molecule has 1 unspecified atom stereocenters. The summed E-state index contributed by atoms with van der Waals surface area (Å²) in [6, 6.07) is 0. The summed E-state index contributed by atoms with van der Waals surface area (Å²) < 4.78 is 0. The number of hydrogen-bond acceptors (Lipinski definition) is 2. The summed E-state index contributed by atoms with van der Waals surface area (Å²) in [7, 11) is 0. The lowest BCUT2D eigenvalue weighted by Gasteiger charge is -2.32. The molecule has 0 radical (unpaired) electrons. The predicted octanol–water partition coefficient (Wildman–Crippen LogP) is 1.81. The average Bonchev–Trinajstić information content (AvgIpc) is 2.84. The predicted molar refractivity (Wildman–Crippen MR) is 62.4 cm³/mol. The molecule has 0 aliphatic heterocycles. The molecular formula is C12H24N2O. The fourth-order valence-corrected chi connectivity index (χ4v) is 2.00. The topological polar surface area (TPSA) is 55.1 Å². The van der Waals surface area contributed by atoms with Gasteiger partial charge in [-0.3, -0.25) is 4.79 Å². The summed E-state index contributed by atoms with van der Waals surface area (Å²) in [6.07, 6.45) is 4.24. The van der Waals surface area contributed by atoms with E-state index in [0.717, 1.165) is 25.7 Å². The van der Waals surface area contributed by atoms with E-state index in [2.05, 4.69) is 26.1 Å². The molecule has 1 saturated carbocycles. The summed E-state index contributed by atoms with van der Waals surface area (Å²) in [4.78, 5) is 12.0. The van der Waals surface area contributed by atoms with Gasteiger partial charge in [-0.15, -0.1) is 0 Å². The van der Waals surface area contributed by atoms with Gasteiger partial charge in [-0.25, -0.2) is 0 Å². The van der Waals surface area contributed by atoms with Gasteiger partial charge in [-0.1, -0.05) is 13.3 Å². The van der Waals surface area contributed by atoms with Crippen LogP contribution in [0, 0.1) is 5.92 Å². The summed E-state index contributed by atoms with van der Waals surface area (Å²) in [6.45, 7) is 8.08. The van der Waals surface area contributed by atoms with Crippen molar-refractivity contribution in [3.05, 3.63) is 0 Å². The first-order valence-corrected chi connectivity index (χ1v) is 5.91. The monoisotopic (exact) mass is 212 g/mol. The second kappa shape index (κ2) is 4.12. The zero-order chi connectivity index (χ0) is 11.7. The van der Waals surface area contributed by atoms with Crippen LogP contribution in [0.2, 0.25) is 0 Å². The van der Waals surface area contributed by atoms with Crippen molar-refractivity contribution in [3.63, 3.8) is 0 Å². The molecule has 0 spiro atoms. The van der Waals surface area contributed by atoms with Crippen LogP contribution in [-0.2, 0) is 4.79 Å². The summed E-state index contributed by atoms with van der Waals surface area (Å²) in [5.41, 5.74) is 5.24. The number of carbonyl (C=O) groups is 1. The minimum absolute atomic E-state index is 0.00319. The number of hydrogen-bond donors (Lipinski definition) is 2. The summed E-state index contributed by atoms with van der Waals surface area (Å²) in [5.74, 6) is 0.387. The highest BCUT2D eigenvalue weighted by molar-refractivity contribution is 5.87. The maximum atomic E-state index is 12.0. The first-order chi connectivity index (χ1) is 6.79. The molecule has 1 aliphatic carbocycles. The molecule has 0 aromatic carbocycles. The van der Waals surface area contributed by atoms with Gasteiger partial charge < -0.3 is 11.1 Å². The fourth-order valence-electron chi connectivity index (χ4n) is 2.00. The van der Waals surface area contributed by atoms with Gasteiger partial charge in [0.15, 0.2) is 0 Å². The molecule has 1 rings (SSSR count). The van der Waals surface area contributed by atoms with Crippen LogP contribution in [-0.4, -0.2) is 17.0 Å². The van der Waals surface area contributed by atoms with E-state index in [0.29, 0.717) is 5.92 Å². The molecule has 3 heteroatoms. The van der Waals surface area contributed by atoms with Gasteiger partial charge in [0.25, 0.3) is 0 Å². The lowest BCUT2D eigenvalue weighted by atomic mass is 9.92. The molecule has 3 nitrogen and oxygen atoms in total. The van der Waals surface area contributed by atoms with Crippen LogP contribution in [0.15, 0.2) is 0 Å². The Kier molecular flexibility index (Phi) is 3.44. The molecule has 0 saturated heterocycles. The van der Waals surface area contributed by atoms with E-state index in [1.165, 1.54) is 0 Å². The van der Waals surface area contributed by atoms with Crippen molar-refractivity contribution < 1.29 is 4.79 Å². The maximum absolute atomic E-state index is 12.0. The molecule has 0 bridgehead atoms. The van der Waals surface area contributed by atoms with Crippen LogP contribution >= 0.6 is 0 Å². The largest absolute Gasteiger partial charge is 0.350 e. The van der Waals surface area contributed by atoms with Crippen LogP contribution in [0.25, 0.3) is 0 Å². The zero-order valence-corrected chi connectivity index (χ0v) is 10.4. The second-order valence-corrected chi connectivity index (χ2v) is 5.64. The highest BCUT2D eigenvalue weighted by Gasteiger charge is 2.45. The van der Waals surface area contributed by atoms with Gasteiger partial charge >= 0.3 is 0 Å². The molecule has 0 aromatic rings. The zero-order valence-electron chi connectivity index (χ0n) is 10.4. The van der Waals surface area contributed by atoms with Crippen molar-refractivity contribution >= 4 is 5.91 Å². The van der Waals surface area contributed by atoms with E-state index in [1.54, 1.807) is 0 Å². The van der Waals surface area contributed by atoms with Crippen molar-refractivity contribution in [1.82, 2.24) is 5.32 Å². The van der Waals surface area contributed by atoms with E-state index in [9.17, 15) is 4.79 Å². The van der Waals surface area contributed by atoms with E-state index in [-0.39, 0.29) is 11.4 Å². The Balaban J connectivity index is 2.54. The molecule has 0 aromatic heterocycles. The van der Waals surface area contributed by atoms with E-state index >= 15 is 0 Å². The highest BCUT2D eigenvalue weighted by Crippen LogP contribution is 2.38. The molecule has 1 amide bonds. The Morgan fingerprint density at radius 1 is 1.40 bits per heavy atom. The Bertz CT molecular complexity index is 242. The summed E-state index contributed by atoms with van der Waals surface area (Å²) in [5, 5.41) is 3.05. The lowest BCUT2D eigenvalue weighted by Crippen LogP contribution is -2.58. The van der Waals surface area contributed by atoms with Gasteiger partial charge in [0.2, 0.25) is 5.91 Å². The molecule has 3 N–H and O–H groups in total. The SMILES string of the molecule is CCCC(C)(C)NC(=O)C(C)(N)C1CC1. The number of nitrogens with two attached hydrogens (primary N) is 1. The smallest absolute Gasteiger partial charge is 0.240 e. The number of nitrogens with one attached hydrogen (secondary N) is 1. The molecule has 1 aliphatic rings. The first kappa shape index (κ1) is 12.5. The van der Waals surface area contributed by atoms with Gasteiger partial charge in [-0.05, 0) is 46.0 Å². The quantitative estimate of drug-likeness (QED) is 0.730. The van der Waals surface area contributed by atoms with E-state index < -0.39 is 5.54 Å². The molecule has 88 valence electrons. The third kappa shape index (κ3) is 3.20. The van der Waals surface area contributed by atoms with Crippen molar-refractivity contribution in [2.45, 2.75) is 64.5 Å². The van der Waals surface area contributed by atoms with Crippen molar-refractivity contribution in [2.24, 2.45) is 11.7 Å². The van der Waals surface area contributed by atoms with Gasteiger partial charge in [-0.2, -0.15) is 0 Å². The first-order valence-electron chi connectivity index (χ1n) is 5.91. The van der Waals surface area contributed by atoms with Gasteiger partial charge in [0.05, 0.1) is 5.54 Å². The Labute approximate surface area is 92.8 Å². The third-order valence-corrected chi connectivity index (χ3v) is 3.24. The Morgan fingerprint density at radius 2 is 1.93 bits per heavy atom. The third-order valence-electron chi connectivity index (χ3n) is 3.24. The number of rotatable bonds is 5. The maximum Gasteiger partial charge on any atom is 0.240 e. The lowest BCUT2D eigenvalue weighted by molar-refractivity contribution is -0.128. The van der Waals surface area contributed by atoms with Crippen molar-refractivity contribution in [1.29, 1.82) is 0 Å². The Morgan fingerprint density at radius 3 is 2.33 bits per heavy atom. The minimum Gasteiger partial charge on any atom is -0.350 e. The van der Waals surface area contributed by atoms with Crippen LogP contribution < -0.4 is 11.1 Å². The molecular weight excluding hydrogens is 188 g/mol. The second-order valence-electron chi connectivity index (χ2n) is 5.64. The van der Waals surface area contributed by atoms with Gasteiger partial charge in [0.1, 0.15) is 0 Å². The standard InChI is InChI=1S/C12H24N2O/c1-5-8-11(2,3)14-10(15)12(4,13)9-6-7-9/h9H,5-8,13H2,1-4H3,(H,14,15). The highest BCUT2D eigenvalue weighted by atomic mass is 16.2. The average molecular weight is 212 g/mol. The van der Waals surface area contributed by atoms with Crippen molar-refractivity contribution in [2.75, 3.05) is 0 Å². The molecule has 0 heterocycles. The van der Waals surface area contributed by atoms with Crippen LogP contribution in [0.5, 0.6) is 0 Å². The normalized spacial score (nSPS) is 20.9. The van der Waals surface area contributed by atoms with Crippen LogP contribution in [0.1, 0.15) is 53.4 Å². The fraction of sp³-hybridized carbons (Fsp3) is 0.917. The number of carbonyl (C=O) groups excluding carboxylic acids is 1. The summed E-state index contributed by atoms with van der Waals surface area (Å²) >= 11 is 0. The van der Waals surface area contributed by atoms with Gasteiger partial charge in [0, 0.05) is 5.54 Å².